The van der Waals surface area contributed by atoms with E-state index in [2.05, 4.69) is 54.1 Å². The third-order valence-electron chi connectivity index (χ3n) is 6.67. The molecule has 0 spiro atoms. The monoisotopic (exact) mass is 434 g/mol. The van der Waals surface area contributed by atoms with Crippen molar-refractivity contribution in [2.45, 2.75) is 33.1 Å². The molecule has 1 N–H and O–H groups in total. The van der Waals surface area contributed by atoms with E-state index < -0.39 is 0 Å². The van der Waals surface area contributed by atoms with Crippen molar-refractivity contribution in [1.82, 2.24) is 4.90 Å². The van der Waals surface area contributed by atoms with Crippen LogP contribution in [0.15, 0.2) is 48.5 Å². The Hall–Kier alpha value is -2.86. The lowest BCUT2D eigenvalue weighted by molar-refractivity contribution is -0.122. The van der Waals surface area contributed by atoms with Crippen LogP contribution in [0.2, 0.25) is 0 Å². The second-order valence-electron chi connectivity index (χ2n) is 9.08. The van der Waals surface area contributed by atoms with Crippen molar-refractivity contribution >= 4 is 28.9 Å². The van der Waals surface area contributed by atoms with Crippen LogP contribution in [0.5, 0.6) is 0 Å². The van der Waals surface area contributed by atoms with Crippen molar-refractivity contribution < 1.29 is 9.59 Å². The minimum atomic E-state index is -0.352. The molecule has 2 heterocycles. The third-order valence-corrected chi connectivity index (χ3v) is 6.67. The summed E-state index contributed by atoms with van der Waals surface area (Å²) in [6.07, 6.45) is 0.245. The molecular formula is C26H34N4O2. The van der Waals surface area contributed by atoms with Crippen LogP contribution in [0.4, 0.5) is 17.1 Å². The van der Waals surface area contributed by atoms with Gasteiger partial charge in [0.2, 0.25) is 11.8 Å². The van der Waals surface area contributed by atoms with Crippen molar-refractivity contribution in [3.8, 4) is 0 Å². The van der Waals surface area contributed by atoms with Gasteiger partial charge >= 0.3 is 0 Å². The lowest BCUT2D eigenvalue weighted by atomic mass is 10.0. The number of anilines is 3. The number of nitrogens with one attached hydrogen (secondary N) is 1. The molecule has 2 fully saturated rings. The van der Waals surface area contributed by atoms with Crippen molar-refractivity contribution in [1.29, 1.82) is 0 Å². The fraction of sp³-hybridized carbons (Fsp3) is 0.462. The number of carbonyl (C=O) groups excluding carboxylic acids is 2. The van der Waals surface area contributed by atoms with Crippen LogP contribution in [0, 0.1) is 5.92 Å². The number of carbonyl (C=O) groups is 2. The minimum absolute atomic E-state index is 0.00929. The number of piperazine rings is 1. The van der Waals surface area contributed by atoms with E-state index in [4.69, 9.17) is 0 Å². The SMILES string of the molecule is CCN1CCN(c2ccccc2NC(=O)C2CC(=O)N(c3cccc(C(C)C)c3)C2)CC1. The third kappa shape index (κ3) is 4.80. The Bertz CT molecular complexity index is 966. The number of amides is 2. The topological polar surface area (TPSA) is 55.9 Å². The number of para-hydroxylation sites is 2. The zero-order valence-electron chi connectivity index (χ0n) is 19.4. The number of benzene rings is 2. The largest absolute Gasteiger partial charge is 0.367 e. The average molecular weight is 435 g/mol. The lowest BCUT2D eigenvalue weighted by Crippen LogP contribution is -2.46. The predicted octanol–water partition coefficient (Wildman–Crippen LogP) is 3.94. The van der Waals surface area contributed by atoms with E-state index >= 15 is 0 Å². The Labute approximate surface area is 191 Å². The maximum absolute atomic E-state index is 13.1. The Balaban J connectivity index is 1.44. The molecule has 2 aromatic carbocycles. The van der Waals surface area contributed by atoms with Gasteiger partial charge in [0.15, 0.2) is 0 Å². The van der Waals surface area contributed by atoms with Gasteiger partial charge in [-0.05, 0) is 42.3 Å². The molecule has 4 rings (SSSR count). The molecule has 2 aliphatic rings. The molecule has 2 aromatic rings. The number of hydrogen-bond acceptors (Lipinski definition) is 4. The van der Waals surface area contributed by atoms with Gasteiger partial charge in [-0.25, -0.2) is 0 Å². The zero-order valence-corrected chi connectivity index (χ0v) is 19.4. The Kier molecular flexibility index (Phi) is 6.80. The molecular weight excluding hydrogens is 400 g/mol. The predicted molar refractivity (Wildman–Crippen MR) is 130 cm³/mol. The van der Waals surface area contributed by atoms with Crippen molar-refractivity contribution in [2.24, 2.45) is 5.92 Å². The highest BCUT2D eigenvalue weighted by Crippen LogP contribution is 2.31. The van der Waals surface area contributed by atoms with Crippen LogP contribution in [-0.4, -0.2) is 56.0 Å². The first-order chi connectivity index (χ1) is 15.5. The molecule has 6 heteroatoms. The maximum atomic E-state index is 13.1. The Morgan fingerprint density at radius 1 is 1.06 bits per heavy atom. The summed E-state index contributed by atoms with van der Waals surface area (Å²) in [4.78, 5) is 32.4. The highest BCUT2D eigenvalue weighted by atomic mass is 16.2. The van der Waals surface area contributed by atoms with Crippen LogP contribution < -0.4 is 15.1 Å². The smallest absolute Gasteiger partial charge is 0.229 e. The number of rotatable bonds is 6. The standard InChI is InChI=1S/C26H34N4O2/c1-4-28-12-14-29(15-13-28)24-11-6-5-10-23(24)27-26(32)21-17-25(31)30(18-21)22-9-7-8-20(16-22)19(2)3/h5-11,16,19,21H,4,12-15,17-18H2,1-3H3,(H,27,32). The molecule has 0 radical (unpaired) electrons. The quantitative estimate of drug-likeness (QED) is 0.748. The van der Waals surface area contributed by atoms with Crippen LogP contribution in [0.25, 0.3) is 0 Å². The molecule has 6 nitrogen and oxygen atoms in total. The first-order valence-corrected chi connectivity index (χ1v) is 11.7. The molecule has 170 valence electrons. The summed E-state index contributed by atoms with van der Waals surface area (Å²) in [6.45, 7) is 11.9. The Morgan fingerprint density at radius 2 is 1.81 bits per heavy atom. The summed E-state index contributed by atoms with van der Waals surface area (Å²) in [5, 5.41) is 3.12. The van der Waals surface area contributed by atoms with E-state index in [9.17, 15) is 9.59 Å². The van der Waals surface area contributed by atoms with E-state index in [0.717, 1.165) is 49.8 Å². The van der Waals surface area contributed by atoms with Gasteiger partial charge in [-0.1, -0.05) is 45.0 Å². The van der Waals surface area contributed by atoms with Gasteiger partial charge in [-0.3, -0.25) is 9.59 Å². The molecule has 32 heavy (non-hydrogen) atoms. The molecule has 2 saturated heterocycles. The van der Waals surface area contributed by atoms with Gasteiger partial charge in [0, 0.05) is 44.8 Å². The van der Waals surface area contributed by atoms with E-state index in [1.54, 1.807) is 4.90 Å². The second-order valence-corrected chi connectivity index (χ2v) is 9.08. The van der Waals surface area contributed by atoms with Gasteiger partial charge < -0.3 is 20.0 Å². The number of hydrogen-bond donors (Lipinski definition) is 1. The summed E-state index contributed by atoms with van der Waals surface area (Å²) < 4.78 is 0. The van der Waals surface area contributed by atoms with Crippen molar-refractivity contribution in [3.63, 3.8) is 0 Å². The van der Waals surface area contributed by atoms with Gasteiger partial charge in [-0.2, -0.15) is 0 Å². The second kappa shape index (κ2) is 9.74. The summed E-state index contributed by atoms with van der Waals surface area (Å²) in [5.74, 6) is -0.0341. The number of likely N-dealkylation sites (N-methyl/N-ethyl adjacent to an activating group) is 1. The fourth-order valence-electron chi connectivity index (χ4n) is 4.58. The molecule has 1 atom stereocenters. The molecule has 2 amide bonds. The highest BCUT2D eigenvalue weighted by Gasteiger charge is 2.35. The minimum Gasteiger partial charge on any atom is -0.367 e. The average Bonchev–Trinajstić information content (AvgIpc) is 3.21. The molecule has 0 saturated carbocycles. The summed E-state index contributed by atoms with van der Waals surface area (Å²) in [6, 6.07) is 16.1. The summed E-state index contributed by atoms with van der Waals surface area (Å²) in [7, 11) is 0. The summed E-state index contributed by atoms with van der Waals surface area (Å²) >= 11 is 0. The summed E-state index contributed by atoms with van der Waals surface area (Å²) in [5.41, 5.74) is 3.96. The lowest BCUT2D eigenvalue weighted by Gasteiger charge is -2.36. The maximum Gasteiger partial charge on any atom is 0.229 e. The molecule has 2 aliphatic heterocycles. The highest BCUT2D eigenvalue weighted by molar-refractivity contribution is 6.04. The Morgan fingerprint density at radius 3 is 2.53 bits per heavy atom. The van der Waals surface area contributed by atoms with Crippen LogP contribution in [0.3, 0.4) is 0 Å². The molecule has 0 bridgehead atoms. The number of nitrogens with zero attached hydrogens (tertiary/aromatic N) is 3. The van der Waals surface area contributed by atoms with E-state index in [1.165, 1.54) is 5.56 Å². The van der Waals surface area contributed by atoms with Gasteiger partial charge in [-0.15, -0.1) is 0 Å². The molecule has 1 unspecified atom stereocenters. The first-order valence-electron chi connectivity index (χ1n) is 11.7. The molecule has 0 aliphatic carbocycles. The van der Waals surface area contributed by atoms with Crippen LogP contribution in [0.1, 0.15) is 38.7 Å². The van der Waals surface area contributed by atoms with Crippen LogP contribution in [-0.2, 0) is 9.59 Å². The van der Waals surface area contributed by atoms with E-state index in [1.807, 2.05) is 30.3 Å². The fourth-order valence-corrected chi connectivity index (χ4v) is 4.58. The van der Waals surface area contributed by atoms with E-state index in [-0.39, 0.29) is 24.2 Å². The first kappa shape index (κ1) is 22.3. The molecule has 0 aromatic heterocycles. The van der Waals surface area contributed by atoms with Gasteiger partial charge in [0.05, 0.1) is 17.3 Å². The zero-order chi connectivity index (χ0) is 22.7. The van der Waals surface area contributed by atoms with Crippen molar-refractivity contribution in [2.75, 3.05) is 54.4 Å². The normalized spacial score (nSPS) is 19.6. The van der Waals surface area contributed by atoms with Crippen molar-refractivity contribution in [3.05, 3.63) is 54.1 Å². The van der Waals surface area contributed by atoms with Gasteiger partial charge in [0.25, 0.3) is 0 Å². The van der Waals surface area contributed by atoms with Crippen LogP contribution >= 0.6 is 0 Å². The van der Waals surface area contributed by atoms with Gasteiger partial charge in [0.1, 0.15) is 0 Å². The van der Waals surface area contributed by atoms with E-state index in [0.29, 0.717) is 12.5 Å².